The van der Waals surface area contributed by atoms with E-state index in [4.69, 9.17) is 4.84 Å². The summed E-state index contributed by atoms with van der Waals surface area (Å²) in [5.41, 5.74) is 0.774. The molecule has 4 aromatic carbocycles. The van der Waals surface area contributed by atoms with Crippen molar-refractivity contribution >= 4 is 39.3 Å². The molecule has 5 nitrogen and oxygen atoms in total. The number of nitrogens with zero attached hydrogens (tertiary/aromatic N) is 1. The maximum absolute atomic E-state index is 13.1. The highest BCUT2D eigenvalue weighted by molar-refractivity contribution is 6.22. The molecule has 0 unspecified atom stereocenters. The average Bonchev–Trinajstić information content (AvgIpc) is 2.97. The molecule has 28 heavy (non-hydrogen) atoms. The van der Waals surface area contributed by atoms with Gasteiger partial charge >= 0.3 is 5.97 Å². The normalized spacial score (nSPS) is 13.2. The number of imide groups is 1. The highest BCUT2D eigenvalue weighted by Gasteiger charge is 2.39. The van der Waals surface area contributed by atoms with Gasteiger partial charge < -0.3 is 4.84 Å². The lowest BCUT2D eigenvalue weighted by atomic mass is 9.97. The van der Waals surface area contributed by atoms with Crippen molar-refractivity contribution in [2.45, 2.75) is 0 Å². The molecule has 5 rings (SSSR count). The van der Waals surface area contributed by atoms with Crippen LogP contribution in [0, 0.1) is 0 Å². The van der Waals surface area contributed by atoms with Crippen LogP contribution in [0.3, 0.4) is 0 Å². The number of hydroxylamine groups is 2. The van der Waals surface area contributed by atoms with Crippen molar-refractivity contribution in [3.8, 4) is 0 Å². The van der Waals surface area contributed by atoms with Crippen molar-refractivity contribution in [2.24, 2.45) is 0 Å². The monoisotopic (exact) mass is 367 g/mol. The number of carbonyl (C=O) groups excluding carboxylic acids is 3. The molecule has 0 atom stereocenters. The summed E-state index contributed by atoms with van der Waals surface area (Å²) in [6.45, 7) is 0. The second-order valence-corrected chi connectivity index (χ2v) is 6.52. The minimum Gasteiger partial charge on any atom is -0.324 e. The van der Waals surface area contributed by atoms with E-state index in [1.165, 1.54) is 12.1 Å². The Hall–Kier alpha value is -3.99. The standard InChI is InChI=1S/C23H13NO4/c25-21-18-11-5-6-12-19(18)22(26)24(21)28-23(27)20-16-9-3-1-7-14(16)13-15-8-2-4-10-17(15)20/h1-13H. The molecular formula is C23H13NO4. The number of hydrogen-bond donors (Lipinski definition) is 0. The van der Waals surface area contributed by atoms with Crippen LogP contribution in [-0.4, -0.2) is 22.8 Å². The van der Waals surface area contributed by atoms with Crippen LogP contribution in [0.5, 0.6) is 0 Å². The van der Waals surface area contributed by atoms with E-state index >= 15 is 0 Å². The first-order valence-electron chi connectivity index (χ1n) is 8.76. The molecule has 0 radical (unpaired) electrons. The summed E-state index contributed by atoms with van der Waals surface area (Å²) in [6, 6.07) is 23.3. The zero-order valence-corrected chi connectivity index (χ0v) is 14.6. The summed E-state index contributed by atoms with van der Waals surface area (Å²) < 4.78 is 0. The average molecular weight is 367 g/mol. The minimum absolute atomic E-state index is 0.225. The highest BCUT2D eigenvalue weighted by Crippen LogP contribution is 2.30. The number of carbonyl (C=O) groups is 3. The Morgan fingerprint density at radius 3 is 1.68 bits per heavy atom. The number of benzene rings is 4. The second kappa shape index (κ2) is 6.03. The Balaban J connectivity index is 1.62. The third-order valence-corrected chi connectivity index (χ3v) is 4.91. The molecule has 134 valence electrons. The van der Waals surface area contributed by atoms with Crippen molar-refractivity contribution in [3.63, 3.8) is 0 Å². The van der Waals surface area contributed by atoms with Gasteiger partial charge in [-0.15, -0.1) is 0 Å². The van der Waals surface area contributed by atoms with E-state index in [1.54, 1.807) is 12.1 Å². The maximum atomic E-state index is 13.1. The third kappa shape index (κ3) is 2.30. The molecule has 5 heteroatoms. The number of hydrogen-bond acceptors (Lipinski definition) is 4. The summed E-state index contributed by atoms with van der Waals surface area (Å²) >= 11 is 0. The lowest BCUT2D eigenvalue weighted by Crippen LogP contribution is -2.32. The Bertz CT molecular complexity index is 1220. The number of amides is 2. The van der Waals surface area contributed by atoms with Crippen molar-refractivity contribution in [1.82, 2.24) is 5.06 Å². The predicted molar refractivity (Wildman–Crippen MR) is 104 cm³/mol. The van der Waals surface area contributed by atoms with Crippen LogP contribution in [0.2, 0.25) is 0 Å². The van der Waals surface area contributed by atoms with E-state index in [9.17, 15) is 14.4 Å². The van der Waals surface area contributed by atoms with Crippen molar-refractivity contribution < 1.29 is 19.2 Å². The van der Waals surface area contributed by atoms with E-state index < -0.39 is 17.8 Å². The first-order chi connectivity index (χ1) is 13.6. The van der Waals surface area contributed by atoms with Crippen molar-refractivity contribution in [2.75, 3.05) is 0 Å². The largest absolute Gasteiger partial charge is 0.365 e. The van der Waals surface area contributed by atoms with Gasteiger partial charge in [-0.1, -0.05) is 65.7 Å². The molecule has 1 aliphatic heterocycles. The van der Waals surface area contributed by atoms with Crippen LogP contribution < -0.4 is 0 Å². The van der Waals surface area contributed by atoms with Gasteiger partial charge in [0.1, 0.15) is 0 Å². The quantitative estimate of drug-likeness (QED) is 0.390. The van der Waals surface area contributed by atoms with Crippen LogP contribution in [-0.2, 0) is 4.84 Å². The Morgan fingerprint density at radius 2 is 1.14 bits per heavy atom. The number of rotatable bonds is 2. The molecular weight excluding hydrogens is 354 g/mol. The van der Waals surface area contributed by atoms with Gasteiger partial charge in [-0.25, -0.2) is 4.79 Å². The van der Waals surface area contributed by atoms with E-state index in [0.717, 1.165) is 10.8 Å². The molecule has 0 aliphatic carbocycles. The smallest absolute Gasteiger partial charge is 0.324 e. The molecule has 1 aliphatic rings. The Morgan fingerprint density at radius 1 is 0.679 bits per heavy atom. The van der Waals surface area contributed by atoms with E-state index in [0.29, 0.717) is 21.4 Å². The van der Waals surface area contributed by atoms with Crippen LogP contribution in [0.25, 0.3) is 21.5 Å². The summed E-state index contributed by atoms with van der Waals surface area (Å²) in [4.78, 5) is 43.5. The molecule has 2 amide bonds. The van der Waals surface area contributed by atoms with Gasteiger partial charge in [0.15, 0.2) is 0 Å². The molecule has 0 fully saturated rings. The molecule has 0 spiro atoms. The second-order valence-electron chi connectivity index (χ2n) is 6.52. The van der Waals surface area contributed by atoms with Crippen LogP contribution in [0.4, 0.5) is 0 Å². The summed E-state index contributed by atoms with van der Waals surface area (Å²) in [7, 11) is 0. The van der Waals surface area contributed by atoms with Gasteiger partial charge in [0.05, 0.1) is 16.7 Å². The topological polar surface area (TPSA) is 63.7 Å². The third-order valence-electron chi connectivity index (χ3n) is 4.91. The molecule has 0 N–H and O–H groups in total. The van der Waals surface area contributed by atoms with Crippen LogP contribution >= 0.6 is 0 Å². The van der Waals surface area contributed by atoms with Crippen molar-refractivity contribution in [1.29, 1.82) is 0 Å². The molecule has 0 saturated carbocycles. The number of fused-ring (bicyclic) bond motifs is 3. The lowest BCUT2D eigenvalue weighted by molar-refractivity contribution is -0.0581. The fraction of sp³-hybridized carbons (Fsp3) is 0. The van der Waals surface area contributed by atoms with Gasteiger partial charge in [-0.3, -0.25) is 9.59 Å². The van der Waals surface area contributed by atoms with Gasteiger partial charge in [-0.05, 0) is 39.7 Å². The SMILES string of the molecule is O=C(ON1C(=O)c2ccccc2C1=O)c1c2ccccc2cc2ccccc12. The zero-order valence-electron chi connectivity index (χ0n) is 14.6. The fourth-order valence-corrected chi connectivity index (χ4v) is 3.61. The minimum atomic E-state index is -0.748. The van der Waals surface area contributed by atoms with Gasteiger partial charge in [0.25, 0.3) is 11.8 Å². The zero-order chi connectivity index (χ0) is 19.3. The van der Waals surface area contributed by atoms with E-state index in [2.05, 4.69) is 0 Å². The molecule has 0 bridgehead atoms. The van der Waals surface area contributed by atoms with E-state index in [1.807, 2.05) is 54.6 Å². The van der Waals surface area contributed by atoms with E-state index in [-0.39, 0.29) is 11.1 Å². The maximum Gasteiger partial charge on any atom is 0.365 e. The molecule has 4 aromatic rings. The summed E-state index contributed by atoms with van der Waals surface area (Å²) in [6.07, 6.45) is 0. The molecule has 0 saturated heterocycles. The summed E-state index contributed by atoms with van der Waals surface area (Å²) in [5.74, 6) is -2.03. The van der Waals surface area contributed by atoms with Gasteiger partial charge in [0, 0.05) is 0 Å². The van der Waals surface area contributed by atoms with Crippen LogP contribution in [0.1, 0.15) is 31.1 Å². The first-order valence-corrected chi connectivity index (χ1v) is 8.76. The van der Waals surface area contributed by atoms with Crippen molar-refractivity contribution in [3.05, 3.63) is 95.6 Å². The molecule has 0 aromatic heterocycles. The van der Waals surface area contributed by atoms with Crippen LogP contribution in [0.15, 0.2) is 78.9 Å². The highest BCUT2D eigenvalue weighted by atomic mass is 16.7. The molecule has 1 heterocycles. The van der Waals surface area contributed by atoms with Gasteiger partial charge in [-0.2, -0.15) is 0 Å². The lowest BCUT2D eigenvalue weighted by Gasteiger charge is -2.15. The van der Waals surface area contributed by atoms with Gasteiger partial charge in [0.2, 0.25) is 0 Å². The Kier molecular flexibility index (Phi) is 3.49. The summed E-state index contributed by atoms with van der Waals surface area (Å²) in [5, 5.41) is 3.68. The Labute approximate surface area is 159 Å². The first kappa shape index (κ1) is 16.2. The predicted octanol–water partition coefficient (Wildman–Crippen LogP) is 4.36. The fourth-order valence-electron chi connectivity index (χ4n) is 3.61.